The molecule has 0 spiro atoms. The summed E-state index contributed by atoms with van der Waals surface area (Å²) in [6, 6.07) is 0. The van der Waals surface area contributed by atoms with Crippen molar-refractivity contribution >= 4 is 5.97 Å². The fourth-order valence-electron chi connectivity index (χ4n) is 6.19. The third kappa shape index (κ3) is 4.02. The zero-order valence-electron chi connectivity index (χ0n) is 17.7. The summed E-state index contributed by atoms with van der Waals surface area (Å²) in [6.07, 6.45) is 9.02. The van der Waals surface area contributed by atoms with Crippen LogP contribution in [0, 0.1) is 22.7 Å². The molecule has 3 aliphatic rings. The molecular formula is C23H36O4. The van der Waals surface area contributed by atoms with Gasteiger partial charge in [-0.05, 0) is 60.3 Å². The molecule has 1 saturated heterocycles. The zero-order valence-corrected chi connectivity index (χ0v) is 17.7. The van der Waals surface area contributed by atoms with E-state index in [4.69, 9.17) is 14.2 Å². The lowest BCUT2D eigenvalue weighted by Crippen LogP contribution is -2.50. The van der Waals surface area contributed by atoms with Crippen LogP contribution in [0.1, 0.15) is 72.6 Å². The van der Waals surface area contributed by atoms with E-state index in [1.54, 1.807) is 13.4 Å². The molecule has 0 aromatic carbocycles. The average molecular weight is 377 g/mol. The molecule has 0 radical (unpaired) electrons. The van der Waals surface area contributed by atoms with E-state index < -0.39 is 0 Å². The van der Waals surface area contributed by atoms with Crippen molar-refractivity contribution in [1.29, 1.82) is 0 Å². The van der Waals surface area contributed by atoms with Crippen molar-refractivity contribution in [1.82, 2.24) is 0 Å². The largest absolute Gasteiger partial charge is 0.435 e. The van der Waals surface area contributed by atoms with Gasteiger partial charge in [-0.2, -0.15) is 0 Å². The Labute approximate surface area is 164 Å². The summed E-state index contributed by atoms with van der Waals surface area (Å²) in [5.41, 5.74) is 3.03. The Kier molecular flexibility index (Phi) is 5.88. The summed E-state index contributed by atoms with van der Waals surface area (Å²) >= 11 is 0. The molecule has 27 heavy (non-hydrogen) atoms. The maximum absolute atomic E-state index is 11.3. The Balaban J connectivity index is 1.84. The highest BCUT2D eigenvalue weighted by atomic mass is 16.7. The maximum atomic E-state index is 11.3. The topological polar surface area (TPSA) is 44.8 Å². The predicted molar refractivity (Wildman–Crippen MR) is 106 cm³/mol. The van der Waals surface area contributed by atoms with Crippen molar-refractivity contribution in [3.63, 3.8) is 0 Å². The number of ether oxygens (including phenoxy) is 3. The SMILES string of the molecule is C=C1CC[C@@H]2C(C)(C)CCC[C@@]2(C)[C@@H]1C[C@H]1O[C@H](OC)C/C1=C\OC(C)=O. The summed E-state index contributed by atoms with van der Waals surface area (Å²) < 4.78 is 16.8. The van der Waals surface area contributed by atoms with Crippen molar-refractivity contribution in [3.05, 3.63) is 24.0 Å². The number of hydrogen-bond donors (Lipinski definition) is 0. The summed E-state index contributed by atoms with van der Waals surface area (Å²) in [4.78, 5) is 11.3. The van der Waals surface area contributed by atoms with Gasteiger partial charge in [0.2, 0.25) is 0 Å². The van der Waals surface area contributed by atoms with Crippen LogP contribution in [0.3, 0.4) is 0 Å². The number of carbonyl (C=O) groups excluding carboxylic acids is 1. The van der Waals surface area contributed by atoms with Crippen LogP contribution in [0.15, 0.2) is 24.0 Å². The van der Waals surface area contributed by atoms with E-state index in [1.165, 1.54) is 38.2 Å². The quantitative estimate of drug-likeness (QED) is 0.375. The van der Waals surface area contributed by atoms with Crippen LogP contribution < -0.4 is 0 Å². The number of rotatable bonds is 4. The van der Waals surface area contributed by atoms with E-state index in [0.29, 0.717) is 17.8 Å². The first-order chi connectivity index (χ1) is 12.7. The van der Waals surface area contributed by atoms with Gasteiger partial charge in [-0.15, -0.1) is 0 Å². The lowest BCUT2D eigenvalue weighted by atomic mass is 9.47. The second-order valence-electron chi connectivity index (χ2n) is 9.68. The molecule has 0 aromatic heterocycles. The highest BCUT2D eigenvalue weighted by molar-refractivity contribution is 5.66. The number of esters is 1. The van der Waals surface area contributed by atoms with E-state index in [9.17, 15) is 4.79 Å². The Morgan fingerprint density at radius 1 is 1.33 bits per heavy atom. The first-order valence-corrected chi connectivity index (χ1v) is 10.4. The van der Waals surface area contributed by atoms with Gasteiger partial charge in [0.1, 0.15) is 0 Å². The lowest BCUT2D eigenvalue weighted by Gasteiger charge is -2.58. The van der Waals surface area contributed by atoms with Crippen LogP contribution in [-0.2, 0) is 19.0 Å². The van der Waals surface area contributed by atoms with E-state index in [2.05, 4.69) is 27.4 Å². The Morgan fingerprint density at radius 3 is 2.74 bits per heavy atom. The highest BCUT2D eigenvalue weighted by Gasteiger charge is 2.53. The molecule has 3 rings (SSSR count). The van der Waals surface area contributed by atoms with Crippen LogP contribution in [0.4, 0.5) is 0 Å². The van der Waals surface area contributed by atoms with Gasteiger partial charge >= 0.3 is 5.97 Å². The molecule has 2 aliphatic carbocycles. The molecule has 152 valence electrons. The van der Waals surface area contributed by atoms with Gasteiger partial charge in [-0.1, -0.05) is 39.3 Å². The van der Waals surface area contributed by atoms with Crippen molar-refractivity contribution in [3.8, 4) is 0 Å². The Morgan fingerprint density at radius 2 is 2.07 bits per heavy atom. The first-order valence-electron chi connectivity index (χ1n) is 10.4. The van der Waals surface area contributed by atoms with Crippen LogP contribution in [0.5, 0.6) is 0 Å². The molecule has 0 aromatic rings. The molecule has 4 nitrogen and oxygen atoms in total. The van der Waals surface area contributed by atoms with Gasteiger partial charge in [-0.3, -0.25) is 4.79 Å². The minimum absolute atomic E-state index is 0.0725. The molecule has 4 heteroatoms. The number of allylic oxidation sites excluding steroid dienone is 1. The molecule has 2 saturated carbocycles. The molecule has 3 fully saturated rings. The predicted octanol–water partition coefficient (Wildman–Crippen LogP) is 5.38. The van der Waals surface area contributed by atoms with Gasteiger partial charge < -0.3 is 14.2 Å². The normalized spacial score (nSPS) is 40.0. The van der Waals surface area contributed by atoms with E-state index in [1.807, 2.05) is 0 Å². The minimum Gasteiger partial charge on any atom is -0.435 e. The third-order valence-electron chi connectivity index (χ3n) is 7.54. The van der Waals surface area contributed by atoms with E-state index in [0.717, 1.165) is 24.3 Å². The number of hydrogen-bond acceptors (Lipinski definition) is 4. The minimum atomic E-state index is -0.301. The molecule has 0 N–H and O–H groups in total. The smallest absolute Gasteiger partial charge is 0.307 e. The van der Waals surface area contributed by atoms with Crippen molar-refractivity contribution in [2.75, 3.05) is 7.11 Å². The monoisotopic (exact) mass is 376 g/mol. The molecule has 1 heterocycles. The van der Waals surface area contributed by atoms with Crippen molar-refractivity contribution in [2.24, 2.45) is 22.7 Å². The fourth-order valence-corrected chi connectivity index (χ4v) is 6.19. The Hall–Kier alpha value is -1.13. The fraction of sp³-hybridized carbons (Fsp3) is 0.783. The highest BCUT2D eigenvalue weighted by Crippen LogP contribution is 2.62. The van der Waals surface area contributed by atoms with E-state index >= 15 is 0 Å². The Bertz CT molecular complexity index is 620. The number of carbonyl (C=O) groups is 1. The third-order valence-corrected chi connectivity index (χ3v) is 7.54. The molecule has 0 unspecified atom stereocenters. The lowest BCUT2D eigenvalue weighted by molar-refractivity contribution is -0.135. The molecule has 0 bridgehead atoms. The average Bonchev–Trinajstić information content (AvgIpc) is 2.97. The maximum Gasteiger partial charge on any atom is 0.307 e. The van der Waals surface area contributed by atoms with Crippen molar-refractivity contribution in [2.45, 2.75) is 85.0 Å². The van der Waals surface area contributed by atoms with Crippen LogP contribution in [-0.4, -0.2) is 25.5 Å². The van der Waals surface area contributed by atoms with Crippen molar-refractivity contribution < 1.29 is 19.0 Å². The summed E-state index contributed by atoms with van der Waals surface area (Å²) in [7, 11) is 1.66. The second-order valence-corrected chi connectivity index (χ2v) is 9.68. The number of methoxy groups -OCH3 is 1. The van der Waals surface area contributed by atoms with Gasteiger partial charge in [0.15, 0.2) is 6.29 Å². The summed E-state index contributed by atoms with van der Waals surface area (Å²) in [6.45, 7) is 13.3. The van der Waals surface area contributed by atoms with Gasteiger partial charge in [0, 0.05) is 20.5 Å². The molecular weight excluding hydrogens is 340 g/mol. The first kappa shape index (κ1) is 20.6. The van der Waals surface area contributed by atoms with Gasteiger partial charge in [-0.25, -0.2) is 0 Å². The van der Waals surface area contributed by atoms with Gasteiger partial charge in [0.25, 0.3) is 0 Å². The molecule has 5 atom stereocenters. The zero-order chi connectivity index (χ0) is 19.8. The standard InChI is InChI=1S/C23H36O4/c1-15-8-9-20-22(3,4)10-7-11-23(20,5)18(15)13-19-17(14-26-16(2)24)12-21(25-6)27-19/h14,18-21H,1,7-13H2,2-6H3/b17-14+/t18-,19-,20-,21+,23+/m1/s1. The molecule has 1 aliphatic heterocycles. The van der Waals surface area contributed by atoms with Crippen LogP contribution in [0.2, 0.25) is 0 Å². The molecule has 0 amide bonds. The van der Waals surface area contributed by atoms with Crippen LogP contribution >= 0.6 is 0 Å². The summed E-state index contributed by atoms with van der Waals surface area (Å²) in [5.74, 6) is 0.845. The second kappa shape index (κ2) is 7.71. The summed E-state index contributed by atoms with van der Waals surface area (Å²) in [5, 5.41) is 0. The van der Waals surface area contributed by atoms with Gasteiger partial charge in [0.05, 0.1) is 12.4 Å². The van der Waals surface area contributed by atoms with Crippen LogP contribution in [0.25, 0.3) is 0 Å². The number of fused-ring (bicyclic) bond motifs is 1. The van der Waals surface area contributed by atoms with E-state index in [-0.39, 0.29) is 23.8 Å².